The van der Waals surface area contributed by atoms with E-state index in [4.69, 9.17) is 5.11 Å². The highest BCUT2D eigenvalue weighted by Crippen LogP contribution is 2.41. The highest BCUT2D eigenvalue weighted by molar-refractivity contribution is 7.19. The van der Waals surface area contributed by atoms with E-state index in [0.717, 1.165) is 41.5 Å². The van der Waals surface area contributed by atoms with Crippen molar-refractivity contribution in [2.45, 2.75) is 39.0 Å². The summed E-state index contributed by atoms with van der Waals surface area (Å²) in [5, 5.41) is 9.11. The van der Waals surface area contributed by atoms with Crippen molar-refractivity contribution in [3.05, 3.63) is 70.5 Å². The van der Waals surface area contributed by atoms with E-state index in [1.54, 1.807) is 18.2 Å². The van der Waals surface area contributed by atoms with Crippen LogP contribution in [0.3, 0.4) is 0 Å². The first-order chi connectivity index (χ1) is 12.9. The smallest absolute Gasteiger partial charge is 0.335 e. The Balaban J connectivity index is 1.93. The molecule has 0 amide bonds. The van der Waals surface area contributed by atoms with Crippen molar-refractivity contribution in [3.8, 4) is 0 Å². The predicted octanol–water partition coefficient (Wildman–Crippen LogP) is 5.80. The number of carboxylic acids is 1. The van der Waals surface area contributed by atoms with Crippen molar-refractivity contribution >= 4 is 26.6 Å². The van der Waals surface area contributed by atoms with Crippen LogP contribution in [-0.4, -0.2) is 17.6 Å². The van der Waals surface area contributed by atoms with Crippen molar-refractivity contribution in [1.29, 1.82) is 0 Å². The molecule has 0 radical (unpaired) electrons. The van der Waals surface area contributed by atoms with Gasteiger partial charge in [0.05, 0.1) is 11.3 Å². The quantitative estimate of drug-likeness (QED) is 0.639. The number of hydrogen-bond acceptors (Lipinski definition) is 2. The average molecular weight is 385 g/mol. The van der Waals surface area contributed by atoms with Gasteiger partial charge in [-0.1, -0.05) is 31.6 Å². The summed E-state index contributed by atoms with van der Waals surface area (Å²) < 4.78 is 16.4. The number of benzene rings is 2. The molecule has 1 aliphatic heterocycles. The zero-order valence-corrected chi connectivity index (χ0v) is 16.9. The normalized spacial score (nSPS) is 14.5. The van der Waals surface area contributed by atoms with Gasteiger partial charge in [-0.2, -0.15) is 0 Å². The van der Waals surface area contributed by atoms with Gasteiger partial charge in [0.1, 0.15) is 5.82 Å². The van der Waals surface area contributed by atoms with Crippen LogP contribution in [0.4, 0.5) is 10.1 Å². The largest absolute Gasteiger partial charge is 0.478 e. The summed E-state index contributed by atoms with van der Waals surface area (Å²) >= 11 is 0. The first-order valence-electron chi connectivity index (χ1n) is 9.25. The minimum Gasteiger partial charge on any atom is -0.478 e. The van der Waals surface area contributed by atoms with Crippen molar-refractivity contribution in [1.82, 2.24) is 0 Å². The maximum atomic E-state index is 14.5. The second-order valence-electron chi connectivity index (χ2n) is 7.14. The lowest BCUT2D eigenvalue weighted by molar-refractivity contribution is 0.0697. The van der Waals surface area contributed by atoms with E-state index in [1.807, 2.05) is 23.7 Å². The van der Waals surface area contributed by atoms with E-state index in [1.165, 1.54) is 0 Å². The fourth-order valence-corrected chi connectivity index (χ4v) is 4.14. The number of allylic oxidation sites excluding steroid dienone is 1. The van der Waals surface area contributed by atoms with Crippen LogP contribution in [-0.2, 0) is 0 Å². The van der Waals surface area contributed by atoms with Gasteiger partial charge in [0.15, 0.2) is 0 Å². The second-order valence-corrected chi connectivity index (χ2v) is 7.76. The standard InChI is InChI=1S/C22H25FNO2P/c1-3-4-17(15-5-7-16(8-6-15)22(25)26)13-18-9-10-24(27)21-19(18)11-14(2)12-20(21)23/h5-9,11-12,17H,3-4,10,13,27H2,1-2H3,(H,25,26). The van der Waals surface area contributed by atoms with Gasteiger partial charge in [0.25, 0.3) is 0 Å². The molecule has 2 aromatic rings. The van der Waals surface area contributed by atoms with Crippen LogP contribution >= 0.6 is 9.39 Å². The van der Waals surface area contributed by atoms with Crippen LogP contribution in [0.25, 0.3) is 5.57 Å². The highest BCUT2D eigenvalue weighted by atomic mass is 31.0. The molecule has 1 heterocycles. The number of anilines is 1. The Hall–Kier alpha value is -2.19. The van der Waals surface area contributed by atoms with Gasteiger partial charge in [-0.05, 0) is 76.0 Å². The fraction of sp³-hybridized carbons (Fsp3) is 0.318. The van der Waals surface area contributed by atoms with Crippen LogP contribution in [0.1, 0.15) is 59.2 Å². The molecule has 0 fully saturated rings. The van der Waals surface area contributed by atoms with E-state index in [-0.39, 0.29) is 11.7 Å². The number of halogens is 1. The molecular weight excluding hydrogens is 360 g/mol. The number of nitrogens with zero attached hydrogens (tertiary/aromatic N) is 1. The molecule has 0 saturated carbocycles. The molecular formula is C22H25FNO2P. The van der Waals surface area contributed by atoms with Crippen molar-refractivity contribution in [2.24, 2.45) is 0 Å². The molecule has 0 saturated heterocycles. The molecule has 1 aliphatic rings. The van der Waals surface area contributed by atoms with Gasteiger partial charge < -0.3 is 9.78 Å². The van der Waals surface area contributed by atoms with Gasteiger partial charge in [-0.25, -0.2) is 9.18 Å². The van der Waals surface area contributed by atoms with Crippen molar-refractivity contribution < 1.29 is 14.3 Å². The van der Waals surface area contributed by atoms with Crippen molar-refractivity contribution in [2.75, 3.05) is 11.2 Å². The van der Waals surface area contributed by atoms with Gasteiger partial charge in [0.2, 0.25) is 0 Å². The molecule has 142 valence electrons. The fourth-order valence-electron chi connectivity index (χ4n) is 3.77. The lowest BCUT2D eigenvalue weighted by atomic mass is 9.84. The molecule has 27 heavy (non-hydrogen) atoms. The molecule has 2 atom stereocenters. The molecule has 0 aromatic heterocycles. The first kappa shape index (κ1) is 19.6. The molecule has 1 N–H and O–H groups in total. The third-order valence-electron chi connectivity index (χ3n) is 5.11. The number of fused-ring (bicyclic) bond motifs is 1. The zero-order chi connectivity index (χ0) is 19.6. The Kier molecular flexibility index (Phi) is 5.96. The summed E-state index contributed by atoms with van der Waals surface area (Å²) in [6.45, 7) is 4.72. The third-order valence-corrected chi connectivity index (χ3v) is 5.58. The highest BCUT2D eigenvalue weighted by Gasteiger charge is 2.23. The Morgan fingerprint density at radius 1 is 1.30 bits per heavy atom. The average Bonchev–Trinajstić information content (AvgIpc) is 2.63. The van der Waals surface area contributed by atoms with Gasteiger partial charge in [0, 0.05) is 12.1 Å². The minimum absolute atomic E-state index is 0.191. The molecule has 3 rings (SSSR count). The number of carboxylic acid groups (broad SMARTS) is 1. The summed E-state index contributed by atoms with van der Waals surface area (Å²) in [5.74, 6) is -0.830. The van der Waals surface area contributed by atoms with Crippen LogP contribution in [0.5, 0.6) is 0 Å². The maximum absolute atomic E-state index is 14.5. The monoisotopic (exact) mass is 385 g/mol. The molecule has 0 spiro atoms. The number of rotatable bonds is 6. The molecule has 2 aromatic carbocycles. The van der Waals surface area contributed by atoms with E-state index < -0.39 is 5.97 Å². The molecule has 5 heteroatoms. The Morgan fingerprint density at radius 2 is 2.00 bits per heavy atom. The van der Waals surface area contributed by atoms with Crippen LogP contribution in [0, 0.1) is 12.7 Å². The van der Waals surface area contributed by atoms with Crippen LogP contribution in [0.2, 0.25) is 0 Å². The van der Waals surface area contributed by atoms with E-state index in [2.05, 4.69) is 28.5 Å². The summed E-state index contributed by atoms with van der Waals surface area (Å²) in [6, 6.07) is 10.8. The lowest BCUT2D eigenvalue weighted by Crippen LogP contribution is -2.18. The van der Waals surface area contributed by atoms with Crippen molar-refractivity contribution in [3.63, 3.8) is 0 Å². The number of aryl methyl sites for hydroxylation is 1. The number of aromatic carboxylic acids is 1. The molecule has 2 unspecified atom stereocenters. The third kappa shape index (κ3) is 4.22. The number of hydrogen-bond donors (Lipinski definition) is 1. The summed E-state index contributed by atoms with van der Waals surface area (Å²) in [5.41, 5.74) is 5.09. The summed E-state index contributed by atoms with van der Waals surface area (Å²) in [7, 11) is 2.60. The minimum atomic E-state index is -0.913. The second kappa shape index (κ2) is 8.22. The first-order valence-corrected chi connectivity index (χ1v) is 9.77. The predicted molar refractivity (Wildman–Crippen MR) is 112 cm³/mol. The van der Waals surface area contributed by atoms with Crippen LogP contribution < -0.4 is 4.67 Å². The van der Waals surface area contributed by atoms with E-state index >= 15 is 0 Å². The van der Waals surface area contributed by atoms with E-state index in [0.29, 0.717) is 17.8 Å². The molecule has 3 nitrogen and oxygen atoms in total. The van der Waals surface area contributed by atoms with Gasteiger partial charge in [-0.15, -0.1) is 0 Å². The summed E-state index contributed by atoms with van der Waals surface area (Å²) in [6.07, 6.45) is 5.01. The summed E-state index contributed by atoms with van der Waals surface area (Å²) in [4.78, 5) is 11.1. The number of carbonyl (C=O) groups is 1. The Bertz CT molecular complexity index is 877. The Morgan fingerprint density at radius 3 is 2.63 bits per heavy atom. The van der Waals surface area contributed by atoms with Crippen LogP contribution in [0.15, 0.2) is 42.5 Å². The van der Waals surface area contributed by atoms with Gasteiger partial charge in [-0.3, -0.25) is 0 Å². The maximum Gasteiger partial charge on any atom is 0.335 e. The zero-order valence-electron chi connectivity index (χ0n) is 15.7. The lowest BCUT2D eigenvalue weighted by Gasteiger charge is -2.30. The van der Waals surface area contributed by atoms with Gasteiger partial charge >= 0.3 is 5.97 Å². The molecule has 0 bridgehead atoms. The molecule has 0 aliphatic carbocycles. The topological polar surface area (TPSA) is 40.5 Å². The van der Waals surface area contributed by atoms with E-state index in [9.17, 15) is 9.18 Å². The Labute approximate surface area is 162 Å². The SMILES string of the molecule is CCCC(CC1=CCN(P)c2c(F)cc(C)cc21)c1ccc(C(=O)O)cc1.